The second-order valence-electron chi connectivity index (χ2n) is 23.1. The number of aromatic nitrogens is 10. The van der Waals surface area contributed by atoms with E-state index in [2.05, 4.69) is 206 Å². The number of carbonyl (C=O) groups is 1. The lowest BCUT2D eigenvalue weighted by molar-refractivity contribution is 0.0743. The molecule has 0 fully saturated rings. The first kappa shape index (κ1) is 71.9. The average molecular weight is 1330 g/mol. The minimum Gasteiger partial charge on any atom is -0.508 e. The molecule has 10 aromatic heterocycles. The van der Waals surface area contributed by atoms with Crippen molar-refractivity contribution >= 4 is 91.3 Å². The number of H-pyrrole nitrogens is 5. The Hall–Kier alpha value is -9.57. The van der Waals surface area contributed by atoms with Crippen LogP contribution in [-0.2, 0) is 0 Å². The van der Waals surface area contributed by atoms with Crippen LogP contribution in [0.25, 0.3) is 77.4 Å². The minimum absolute atomic E-state index is 0.00237. The van der Waals surface area contributed by atoms with Gasteiger partial charge in [0.15, 0.2) is 0 Å². The number of para-hydroxylation sites is 1. The number of aliphatic imine (C=N–C) groups is 1. The largest absolute Gasteiger partial charge is 0.508 e. The van der Waals surface area contributed by atoms with Gasteiger partial charge in [-0.15, -0.1) is 0 Å². The number of hydrogen-bond donors (Lipinski definition) is 7. The van der Waals surface area contributed by atoms with E-state index in [4.69, 9.17) is 10.1 Å². The molecule has 486 valence electrons. The highest BCUT2D eigenvalue weighted by Gasteiger charge is 2.28. The molecule has 94 heavy (non-hydrogen) atoms. The zero-order chi connectivity index (χ0) is 68.2. The van der Waals surface area contributed by atoms with Crippen LogP contribution in [0, 0.1) is 13.8 Å². The van der Waals surface area contributed by atoms with Crippen molar-refractivity contribution in [1.29, 1.82) is 0 Å². The SMILES string of the molecule is CC(c1c[nH]c2nccc(Br)c12)N(C)C.CC(c1c[nH]c2ncccc12)N(C)C.CC1c2c[nH]c3nccc(c23)-c2ccccc2C(=O)N1C.CC=NC.Cc1ccccc1-c1ccnc2[nH]cc(C(C)N(C)C)c12.Cc1ccccc1O.[B]O.c1cnc2[nH]ccc2c1. The van der Waals surface area contributed by atoms with E-state index in [9.17, 15) is 4.79 Å². The monoisotopic (exact) mass is 1320 g/mol. The number of halogens is 1. The third kappa shape index (κ3) is 17.2. The lowest BCUT2D eigenvalue weighted by Crippen LogP contribution is -2.30. The number of phenols is 1. The molecule has 0 saturated heterocycles. The van der Waals surface area contributed by atoms with E-state index in [0.717, 1.165) is 71.3 Å². The van der Waals surface area contributed by atoms with Gasteiger partial charge in [0.25, 0.3) is 14.0 Å². The van der Waals surface area contributed by atoms with Crippen molar-refractivity contribution in [1.82, 2.24) is 69.4 Å². The molecule has 4 unspecified atom stereocenters. The third-order valence-electron chi connectivity index (χ3n) is 16.8. The number of hydrogen-bond acceptors (Lipinski definition) is 12. The Labute approximate surface area is 561 Å². The molecule has 1 aliphatic heterocycles. The zero-order valence-corrected chi connectivity index (χ0v) is 58.0. The highest BCUT2D eigenvalue weighted by Crippen LogP contribution is 2.40. The molecule has 1 amide bonds. The van der Waals surface area contributed by atoms with Gasteiger partial charge in [-0.1, -0.05) is 60.7 Å². The Morgan fingerprint density at radius 3 is 1.55 bits per heavy atom. The van der Waals surface area contributed by atoms with E-state index in [-0.39, 0.29) is 11.9 Å². The van der Waals surface area contributed by atoms with Gasteiger partial charge in [0, 0.05) is 137 Å². The Bertz CT molecular complexity index is 4490. The Balaban J connectivity index is 0.000000161. The molecule has 0 aliphatic carbocycles. The molecule has 0 saturated carbocycles. The van der Waals surface area contributed by atoms with Crippen molar-refractivity contribution in [2.24, 2.45) is 4.99 Å². The normalized spacial score (nSPS) is 13.3. The molecule has 2 radical (unpaired) electrons. The first-order valence-electron chi connectivity index (χ1n) is 30.9. The van der Waals surface area contributed by atoms with Gasteiger partial charge in [0.2, 0.25) is 0 Å². The molecule has 14 rings (SSSR count). The molecule has 4 atom stereocenters. The predicted octanol–water partition coefficient (Wildman–Crippen LogP) is 15.7. The molecule has 7 N–H and O–H groups in total. The van der Waals surface area contributed by atoms with Crippen LogP contribution in [0.15, 0.2) is 193 Å². The minimum atomic E-state index is 0.00237. The molecule has 0 bridgehead atoms. The van der Waals surface area contributed by atoms with Crippen molar-refractivity contribution in [3.63, 3.8) is 0 Å². The Morgan fingerprint density at radius 1 is 0.532 bits per heavy atom. The van der Waals surface area contributed by atoms with Crippen molar-refractivity contribution < 1.29 is 14.9 Å². The van der Waals surface area contributed by atoms with E-state index in [1.165, 1.54) is 49.5 Å². The lowest BCUT2D eigenvalue weighted by atomic mass is 9.92. The summed E-state index contributed by atoms with van der Waals surface area (Å²) in [6, 6.07) is 40.8. The number of carbonyl (C=O) groups excluding carboxylic acids is 1. The summed E-state index contributed by atoms with van der Waals surface area (Å²) < 4.78 is 1.09. The second-order valence-corrected chi connectivity index (χ2v) is 24.0. The van der Waals surface area contributed by atoms with Gasteiger partial charge in [0.05, 0.1) is 6.04 Å². The van der Waals surface area contributed by atoms with Crippen molar-refractivity contribution in [2.75, 3.05) is 56.4 Å². The summed E-state index contributed by atoms with van der Waals surface area (Å²) in [5.74, 6) is 0.419. The molecule has 1 aliphatic rings. The average Bonchev–Trinajstić information content (AvgIpc) is 1.52. The maximum atomic E-state index is 12.8. The molecule has 0 spiro atoms. The quantitative estimate of drug-likeness (QED) is 0.0587. The van der Waals surface area contributed by atoms with E-state index in [1.54, 1.807) is 42.8 Å². The number of aromatic amines is 5. The van der Waals surface area contributed by atoms with E-state index in [0.29, 0.717) is 23.9 Å². The highest BCUT2D eigenvalue weighted by atomic mass is 79.9. The standard InChI is InChI=1S/C18H21N3.C17H15N3O.C11H14BrN3.C11H15N3.C7H6N2.C7H8O.C3H7N.BHO/c1-12-7-5-6-8-14(12)15-9-10-19-18-17(15)16(11-20-18)13(2)21(3)4;1-10-14-9-19-16-15(14)12(7-8-18-16)11-5-3-4-6-13(11)17(21)20(10)2;1-7(15(2)3)8-6-14-11-10(8)9(12)4-5-13-11;1-8(14(2)3)10-7-13-11-9(10)5-4-6-12-11;1-2-6-3-5-9-7(6)8-4-1;1-6-4-2-3-5-7(6)8;1-3-4-2;1-2/h5-11,13H,1-4H3,(H,19,20);3-10H,1-2H3,(H,18,19);4-7H,1-3H3,(H,13,14);4-8H,1-3H3,(H,12,13);1-5H,(H,8,9);2-5,8H,1H3;3H,1-2H3;2H. The molecule has 18 nitrogen and oxygen atoms in total. The number of aromatic hydroxyl groups is 1. The van der Waals surface area contributed by atoms with Gasteiger partial charge in [-0.2, -0.15) is 0 Å². The summed E-state index contributed by atoms with van der Waals surface area (Å²) in [4.78, 5) is 62.2. The number of nitrogens with zero attached hydrogens (tertiary/aromatic N) is 10. The maximum Gasteiger partial charge on any atom is 0.277 e. The van der Waals surface area contributed by atoms with E-state index < -0.39 is 0 Å². The van der Waals surface area contributed by atoms with Crippen LogP contribution in [-0.4, -0.2) is 156 Å². The van der Waals surface area contributed by atoms with Crippen molar-refractivity contribution in [2.45, 2.75) is 72.6 Å². The summed E-state index contributed by atoms with van der Waals surface area (Å²) in [5.41, 5.74) is 17.2. The number of aryl methyl sites for hydroxylation is 2. The number of phenolic OH excluding ortho intramolecular Hbond substituents is 1. The maximum absolute atomic E-state index is 12.8. The number of amides is 1. The van der Waals surface area contributed by atoms with Crippen molar-refractivity contribution in [3.8, 4) is 28.0 Å². The van der Waals surface area contributed by atoms with Crippen LogP contribution in [0.2, 0.25) is 0 Å². The fourth-order valence-corrected chi connectivity index (χ4v) is 11.1. The smallest absolute Gasteiger partial charge is 0.277 e. The number of nitrogens with one attached hydrogen (secondary N) is 5. The van der Waals surface area contributed by atoms with Gasteiger partial charge >= 0.3 is 0 Å². The predicted molar refractivity (Wildman–Crippen MR) is 391 cm³/mol. The van der Waals surface area contributed by atoms with Crippen LogP contribution >= 0.6 is 15.9 Å². The molecular weight excluding hydrogens is 1240 g/mol. The Morgan fingerprint density at radius 2 is 0.989 bits per heavy atom. The third-order valence-corrected chi connectivity index (χ3v) is 17.5. The molecule has 3 aromatic carbocycles. The highest BCUT2D eigenvalue weighted by molar-refractivity contribution is 9.10. The summed E-state index contributed by atoms with van der Waals surface area (Å²) in [6.45, 7) is 14.6. The number of rotatable bonds is 7. The van der Waals surface area contributed by atoms with Gasteiger partial charge < -0.3 is 59.6 Å². The number of benzene rings is 3. The van der Waals surface area contributed by atoms with Crippen LogP contribution < -0.4 is 0 Å². The molecule has 20 heteroatoms. The van der Waals surface area contributed by atoms with E-state index in [1.807, 2.05) is 144 Å². The van der Waals surface area contributed by atoms with Gasteiger partial charge in [-0.25, -0.2) is 24.9 Å². The fourth-order valence-electron chi connectivity index (χ4n) is 10.6. The Kier molecular flexibility index (Phi) is 26.3. The lowest BCUT2D eigenvalue weighted by Gasteiger charge is -2.28. The van der Waals surface area contributed by atoms with Crippen LogP contribution in [0.5, 0.6) is 5.75 Å². The second kappa shape index (κ2) is 34.4. The molecular formula is C74H87BBrN15O3. The van der Waals surface area contributed by atoms with Gasteiger partial charge in [-0.3, -0.25) is 4.79 Å². The van der Waals surface area contributed by atoms with E-state index >= 15 is 0 Å². The topological polar surface area (TPSA) is 226 Å². The fraction of sp³-hybridized carbons (Fsp3) is 0.257. The number of fused-ring (bicyclic) bond motifs is 6. The van der Waals surface area contributed by atoms with Gasteiger partial charge in [-0.05, 0) is 224 Å². The first-order valence-corrected chi connectivity index (χ1v) is 31.7. The van der Waals surface area contributed by atoms with Crippen molar-refractivity contribution in [3.05, 3.63) is 227 Å². The summed E-state index contributed by atoms with van der Waals surface area (Å²) in [6.07, 6.45) is 20.8. The van der Waals surface area contributed by atoms with Crippen LogP contribution in [0.4, 0.5) is 0 Å². The van der Waals surface area contributed by atoms with Crippen LogP contribution in [0.3, 0.4) is 0 Å². The zero-order valence-electron chi connectivity index (χ0n) is 56.4. The first-order chi connectivity index (χ1) is 45.3. The molecule has 13 aromatic rings. The van der Waals surface area contributed by atoms with Crippen LogP contribution in [0.1, 0.15) is 103 Å². The summed E-state index contributed by atoms with van der Waals surface area (Å²) in [5, 5.41) is 21.3. The van der Waals surface area contributed by atoms with Gasteiger partial charge in [0.1, 0.15) is 34.0 Å². The number of pyridine rings is 5. The molecule has 11 heterocycles. The summed E-state index contributed by atoms with van der Waals surface area (Å²) >= 11 is 3.57. The summed E-state index contributed by atoms with van der Waals surface area (Å²) in [7, 11) is 19.6.